The van der Waals surface area contributed by atoms with Crippen LogP contribution in [-0.4, -0.2) is 5.11 Å². The van der Waals surface area contributed by atoms with Crippen LogP contribution in [-0.2, 0) is 0 Å². The second kappa shape index (κ2) is 15.7. The molecular formula is C23H36Br2O. The summed E-state index contributed by atoms with van der Waals surface area (Å²) in [5, 5.41) is 10.0. The lowest BCUT2D eigenvalue weighted by atomic mass is 10.0. The summed E-state index contributed by atoms with van der Waals surface area (Å²) in [6.45, 7) is 2.28. The number of rotatable bonds is 15. The van der Waals surface area contributed by atoms with E-state index in [2.05, 4.69) is 44.9 Å². The number of phenolic OH excluding ortho intramolecular Hbond substituents is 1. The highest BCUT2D eigenvalue weighted by molar-refractivity contribution is 9.11. The van der Waals surface area contributed by atoms with Crippen LogP contribution in [0.5, 0.6) is 5.75 Å². The molecule has 1 nitrogen and oxygen atoms in total. The third kappa shape index (κ3) is 11.4. The Bertz CT molecular complexity index is 511. The Balaban J connectivity index is 1.95. The summed E-state index contributed by atoms with van der Waals surface area (Å²) < 4.78 is 1.70. The van der Waals surface area contributed by atoms with Crippen LogP contribution < -0.4 is 0 Å². The minimum atomic E-state index is 0.315. The van der Waals surface area contributed by atoms with Crippen molar-refractivity contribution in [3.05, 3.63) is 32.7 Å². The summed E-state index contributed by atoms with van der Waals surface area (Å²) in [6.07, 6.45) is 23.4. The molecule has 1 aromatic rings. The highest BCUT2D eigenvalue weighted by Gasteiger charge is 2.04. The summed E-state index contributed by atoms with van der Waals surface area (Å²) in [4.78, 5) is 0. The molecule has 0 aromatic heterocycles. The van der Waals surface area contributed by atoms with Crippen LogP contribution in [0.3, 0.4) is 0 Å². The number of phenols is 1. The molecule has 0 amide bonds. The maximum atomic E-state index is 10.0. The number of benzene rings is 1. The van der Waals surface area contributed by atoms with E-state index in [0.29, 0.717) is 5.75 Å². The first kappa shape index (κ1) is 23.8. The summed E-state index contributed by atoms with van der Waals surface area (Å²) in [7, 11) is 0. The van der Waals surface area contributed by atoms with Gasteiger partial charge in [-0.3, -0.25) is 0 Å². The average Bonchev–Trinajstić information content (AvgIpc) is 2.62. The molecule has 0 aliphatic rings. The van der Waals surface area contributed by atoms with Gasteiger partial charge in [-0.2, -0.15) is 0 Å². The fourth-order valence-corrected chi connectivity index (χ4v) is 4.46. The van der Waals surface area contributed by atoms with Crippen LogP contribution in [0.15, 0.2) is 27.2 Å². The van der Waals surface area contributed by atoms with Crippen LogP contribution in [0.2, 0.25) is 0 Å². The van der Waals surface area contributed by atoms with E-state index in [4.69, 9.17) is 0 Å². The van der Waals surface area contributed by atoms with Gasteiger partial charge in [-0.25, -0.2) is 0 Å². The molecule has 0 aliphatic carbocycles. The van der Waals surface area contributed by atoms with Gasteiger partial charge in [0.15, 0.2) is 0 Å². The predicted molar refractivity (Wildman–Crippen MR) is 123 cm³/mol. The minimum Gasteiger partial charge on any atom is -0.506 e. The fraction of sp³-hybridized carbons (Fsp3) is 0.652. The van der Waals surface area contributed by atoms with Crippen molar-refractivity contribution in [3.63, 3.8) is 0 Å². The van der Waals surface area contributed by atoms with E-state index in [0.717, 1.165) is 20.9 Å². The highest BCUT2D eigenvalue weighted by Crippen LogP contribution is 2.32. The maximum absolute atomic E-state index is 10.0. The molecule has 1 rings (SSSR count). The molecule has 0 spiro atoms. The summed E-state index contributed by atoms with van der Waals surface area (Å²) in [5.41, 5.74) is 0.862. The van der Waals surface area contributed by atoms with Gasteiger partial charge in [0, 0.05) is 10.0 Å². The monoisotopic (exact) mass is 486 g/mol. The lowest BCUT2D eigenvalue weighted by molar-refractivity contribution is 0.470. The van der Waals surface area contributed by atoms with Crippen LogP contribution >= 0.6 is 31.9 Å². The Kier molecular flexibility index (Phi) is 14.4. The molecule has 1 N–H and O–H groups in total. The molecule has 0 saturated carbocycles. The fourth-order valence-electron chi connectivity index (χ4n) is 3.20. The second-order valence-electron chi connectivity index (χ2n) is 7.26. The van der Waals surface area contributed by atoms with E-state index < -0.39 is 0 Å². The van der Waals surface area contributed by atoms with Crippen molar-refractivity contribution < 1.29 is 5.11 Å². The maximum Gasteiger partial charge on any atom is 0.137 e. The summed E-state index contributed by atoms with van der Waals surface area (Å²) >= 11 is 6.83. The molecule has 0 aliphatic heterocycles. The summed E-state index contributed by atoms with van der Waals surface area (Å²) in [5.74, 6) is 0.315. The van der Waals surface area contributed by atoms with Crippen LogP contribution in [0, 0.1) is 0 Å². The average molecular weight is 488 g/mol. The lowest BCUT2D eigenvalue weighted by Gasteiger charge is -2.03. The standard InChI is InChI=1S/C23H36Br2O/c1-2-3-4-5-6-7-8-9-10-11-12-13-14-15-16-17-20-18-21(24)19-22(25)23(20)26/h16-19,26H,2-15H2,1H3/b17-16-. The molecule has 0 atom stereocenters. The van der Waals surface area contributed by atoms with Gasteiger partial charge in [-0.1, -0.05) is 112 Å². The van der Waals surface area contributed by atoms with Gasteiger partial charge in [0.25, 0.3) is 0 Å². The smallest absolute Gasteiger partial charge is 0.137 e. The van der Waals surface area contributed by atoms with Gasteiger partial charge in [0.2, 0.25) is 0 Å². The third-order valence-corrected chi connectivity index (χ3v) is 5.89. The number of hydrogen-bond donors (Lipinski definition) is 1. The van der Waals surface area contributed by atoms with Crippen molar-refractivity contribution in [1.82, 2.24) is 0 Å². The van der Waals surface area contributed by atoms with E-state index in [1.165, 1.54) is 83.5 Å². The quantitative estimate of drug-likeness (QED) is 0.244. The van der Waals surface area contributed by atoms with Crippen LogP contribution in [0.25, 0.3) is 6.08 Å². The normalized spacial score (nSPS) is 11.5. The molecule has 0 fully saturated rings. The summed E-state index contributed by atoms with van der Waals surface area (Å²) in [6, 6.07) is 3.81. The van der Waals surface area contributed by atoms with Crippen molar-refractivity contribution in [2.45, 2.75) is 96.8 Å². The van der Waals surface area contributed by atoms with E-state index >= 15 is 0 Å². The van der Waals surface area contributed by atoms with Crippen molar-refractivity contribution in [2.24, 2.45) is 0 Å². The minimum absolute atomic E-state index is 0.315. The first-order chi connectivity index (χ1) is 12.6. The Morgan fingerprint density at radius 2 is 1.27 bits per heavy atom. The zero-order chi connectivity index (χ0) is 19.0. The number of allylic oxidation sites excluding steroid dienone is 1. The van der Waals surface area contributed by atoms with Crippen molar-refractivity contribution in [1.29, 1.82) is 0 Å². The van der Waals surface area contributed by atoms with Crippen LogP contribution in [0.1, 0.15) is 102 Å². The van der Waals surface area contributed by atoms with Gasteiger partial charge >= 0.3 is 0 Å². The van der Waals surface area contributed by atoms with Gasteiger partial charge in [-0.05, 0) is 40.9 Å². The van der Waals surface area contributed by atoms with Gasteiger partial charge < -0.3 is 5.11 Å². The molecule has 0 heterocycles. The molecule has 0 radical (unpaired) electrons. The highest BCUT2D eigenvalue weighted by atomic mass is 79.9. The van der Waals surface area contributed by atoms with Gasteiger partial charge in [-0.15, -0.1) is 0 Å². The van der Waals surface area contributed by atoms with E-state index in [9.17, 15) is 5.11 Å². The number of hydrogen-bond acceptors (Lipinski definition) is 1. The van der Waals surface area contributed by atoms with Gasteiger partial charge in [0.1, 0.15) is 5.75 Å². The van der Waals surface area contributed by atoms with Crippen molar-refractivity contribution in [3.8, 4) is 5.75 Å². The third-order valence-electron chi connectivity index (χ3n) is 4.83. The molecule has 148 valence electrons. The number of halogens is 2. The van der Waals surface area contributed by atoms with E-state index in [1.807, 2.05) is 18.2 Å². The number of unbranched alkanes of at least 4 members (excludes halogenated alkanes) is 13. The molecule has 3 heteroatoms. The van der Waals surface area contributed by atoms with E-state index in [-0.39, 0.29) is 0 Å². The molecule has 0 saturated heterocycles. The lowest BCUT2D eigenvalue weighted by Crippen LogP contribution is -1.83. The molecular weight excluding hydrogens is 452 g/mol. The number of aromatic hydroxyl groups is 1. The zero-order valence-electron chi connectivity index (χ0n) is 16.4. The van der Waals surface area contributed by atoms with Crippen molar-refractivity contribution >= 4 is 37.9 Å². The molecule has 0 bridgehead atoms. The first-order valence-corrected chi connectivity index (χ1v) is 12.1. The Hall–Kier alpha value is -0.280. The van der Waals surface area contributed by atoms with Crippen LogP contribution in [0.4, 0.5) is 0 Å². The topological polar surface area (TPSA) is 20.2 Å². The van der Waals surface area contributed by atoms with E-state index in [1.54, 1.807) is 0 Å². The molecule has 1 aromatic carbocycles. The largest absolute Gasteiger partial charge is 0.506 e. The predicted octanol–water partition coefficient (Wildman–Crippen LogP) is 9.41. The molecule has 0 unspecified atom stereocenters. The Morgan fingerprint density at radius 3 is 1.81 bits per heavy atom. The Labute approximate surface area is 177 Å². The SMILES string of the molecule is CCCCCCCCCCCCCCC/C=C\c1cc(Br)cc(Br)c1O. The zero-order valence-corrected chi connectivity index (χ0v) is 19.6. The first-order valence-electron chi connectivity index (χ1n) is 10.5. The second-order valence-corrected chi connectivity index (χ2v) is 9.03. The van der Waals surface area contributed by atoms with Gasteiger partial charge in [0.05, 0.1) is 4.47 Å². The van der Waals surface area contributed by atoms with Crippen molar-refractivity contribution in [2.75, 3.05) is 0 Å². The molecule has 26 heavy (non-hydrogen) atoms. The Morgan fingerprint density at radius 1 is 0.769 bits per heavy atom.